The molecule has 0 aromatic carbocycles. The van der Waals surface area contributed by atoms with Gasteiger partial charge in [0.1, 0.15) is 6.04 Å². The molecule has 5 heteroatoms. The van der Waals surface area contributed by atoms with Crippen LogP contribution in [-0.2, 0) is 9.59 Å². The molecule has 1 heterocycles. The Morgan fingerprint density at radius 3 is 2.42 bits per heavy atom. The molecule has 1 saturated heterocycles. The number of carboxylic acid groups (broad SMARTS) is 1. The standard InChI is InChI=1S/C14H21NO3S/c1-2-11-15(10(7-19-11)14(17)18)13(16)12-8-5-3-4-6-9(8)12/h8-12H,2-7H2,1H3,(H,17,18). The van der Waals surface area contributed by atoms with Crippen molar-refractivity contribution in [3.05, 3.63) is 0 Å². The number of fused-ring (bicyclic) bond motifs is 1. The molecule has 0 spiro atoms. The van der Waals surface area contributed by atoms with Crippen LogP contribution in [0.2, 0.25) is 0 Å². The molecule has 4 unspecified atom stereocenters. The number of hydrogen-bond donors (Lipinski definition) is 1. The second kappa shape index (κ2) is 5.00. The van der Waals surface area contributed by atoms with Gasteiger partial charge in [-0.3, -0.25) is 4.79 Å². The summed E-state index contributed by atoms with van der Waals surface area (Å²) in [5.74, 6) is 1.07. The summed E-state index contributed by atoms with van der Waals surface area (Å²) in [6, 6.07) is -0.606. The molecule has 1 aliphatic heterocycles. The lowest BCUT2D eigenvalue weighted by atomic mass is 10.0. The third kappa shape index (κ3) is 2.16. The van der Waals surface area contributed by atoms with Crippen molar-refractivity contribution in [2.45, 2.75) is 50.4 Å². The molecule has 3 aliphatic rings. The highest BCUT2D eigenvalue weighted by molar-refractivity contribution is 8.00. The predicted molar refractivity (Wildman–Crippen MR) is 73.7 cm³/mol. The van der Waals surface area contributed by atoms with Crippen LogP contribution in [0.3, 0.4) is 0 Å². The minimum atomic E-state index is -0.847. The second-order valence-electron chi connectivity index (χ2n) is 5.93. The van der Waals surface area contributed by atoms with Crippen molar-refractivity contribution in [1.82, 2.24) is 4.90 Å². The van der Waals surface area contributed by atoms with E-state index in [-0.39, 0.29) is 17.2 Å². The molecule has 0 aromatic rings. The monoisotopic (exact) mass is 283 g/mol. The molecule has 2 aliphatic carbocycles. The lowest BCUT2D eigenvalue weighted by Crippen LogP contribution is -2.46. The highest BCUT2D eigenvalue weighted by Gasteiger charge is 2.58. The molecule has 106 valence electrons. The van der Waals surface area contributed by atoms with Gasteiger partial charge in [-0.15, -0.1) is 11.8 Å². The maximum absolute atomic E-state index is 12.7. The third-order valence-corrected chi connectivity index (χ3v) is 6.38. The molecule has 19 heavy (non-hydrogen) atoms. The van der Waals surface area contributed by atoms with Gasteiger partial charge in [0.15, 0.2) is 0 Å². The predicted octanol–water partition coefficient (Wildman–Crippen LogP) is 2.19. The third-order valence-electron chi connectivity index (χ3n) is 4.92. The van der Waals surface area contributed by atoms with Crippen LogP contribution in [0.25, 0.3) is 0 Å². The van der Waals surface area contributed by atoms with Crippen molar-refractivity contribution in [3.63, 3.8) is 0 Å². The Hall–Kier alpha value is -0.710. The van der Waals surface area contributed by atoms with Crippen LogP contribution >= 0.6 is 11.8 Å². The molecule has 0 aromatic heterocycles. The van der Waals surface area contributed by atoms with Crippen LogP contribution in [-0.4, -0.2) is 39.1 Å². The van der Waals surface area contributed by atoms with Gasteiger partial charge < -0.3 is 10.0 Å². The Kier molecular flexibility index (Phi) is 3.50. The summed E-state index contributed by atoms with van der Waals surface area (Å²) in [4.78, 5) is 25.7. The summed E-state index contributed by atoms with van der Waals surface area (Å²) >= 11 is 1.62. The van der Waals surface area contributed by atoms with E-state index in [0.717, 1.165) is 19.3 Å². The molecule has 1 N–H and O–H groups in total. The topological polar surface area (TPSA) is 57.6 Å². The minimum absolute atomic E-state index is 0.0660. The van der Waals surface area contributed by atoms with E-state index in [1.165, 1.54) is 12.8 Å². The normalized spacial score (nSPS) is 40.9. The summed E-state index contributed by atoms with van der Waals surface area (Å²) in [5, 5.41) is 9.37. The first kappa shape index (κ1) is 13.3. The van der Waals surface area contributed by atoms with Crippen LogP contribution in [0.1, 0.15) is 39.0 Å². The largest absolute Gasteiger partial charge is 0.480 e. The quantitative estimate of drug-likeness (QED) is 0.862. The summed E-state index contributed by atoms with van der Waals surface area (Å²) in [6.45, 7) is 2.03. The van der Waals surface area contributed by atoms with Gasteiger partial charge in [-0.25, -0.2) is 4.79 Å². The Morgan fingerprint density at radius 2 is 1.89 bits per heavy atom. The molecule has 2 saturated carbocycles. The molecule has 4 atom stereocenters. The number of amides is 1. The molecule has 0 radical (unpaired) electrons. The first-order valence-electron chi connectivity index (χ1n) is 7.31. The fourth-order valence-corrected chi connectivity index (χ4v) is 5.25. The van der Waals surface area contributed by atoms with Gasteiger partial charge in [-0.1, -0.05) is 19.8 Å². The van der Waals surface area contributed by atoms with Crippen molar-refractivity contribution in [2.24, 2.45) is 17.8 Å². The highest BCUT2D eigenvalue weighted by atomic mass is 32.2. The van der Waals surface area contributed by atoms with Crippen LogP contribution in [0.5, 0.6) is 0 Å². The lowest BCUT2D eigenvalue weighted by Gasteiger charge is -2.27. The first-order valence-corrected chi connectivity index (χ1v) is 8.36. The lowest BCUT2D eigenvalue weighted by molar-refractivity contribution is -0.150. The Labute approximate surface area is 117 Å². The Balaban J connectivity index is 1.75. The van der Waals surface area contributed by atoms with Gasteiger partial charge in [0.25, 0.3) is 0 Å². The zero-order chi connectivity index (χ0) is 13.6. The van der Waals surface area contributed by atoms with E-state index in [4.69, 9.17) is 0 Å². The average Bonchev–Trinajstić information content (AvgIpc) is 2.96. The molecule has 3 fully saturated rings. The number of nitrogens with zero attached hydrogens (tertiary/aromatic N) is 1. The van der Waals surface area contributed by atoms with E-state index in [2.05, 4.69) is 0 Å². The molecular formula is C14H21NO3S. The molecular weight excluding hydrogens is 262 g/mol. The van der Waals surface area contributed by atoms with Crippen LogP contribution in [0.4, 0.5) is 0 Å². The SMILES string of the molecule is CCC1SCC(C(=O)O)N1C(=O)C1C2CCCCC21. The molecule has 0 bridgehead atoms. The summed E-state index contributed by atoms with van der Waals surface area (Å²) in [7, 11) is 0. The number of carboxylic acids is 1. The van der Waals surface area contributed by atoms with E-state index < -0.39 is 12.0 Å². The van der Waals surface area contributed by atoms with E-state index in [0.29, 0.717) is 17.6 Å². The van der Waals surface area contributed by atoms with Gasteiger partial charge in [0, 0.05) is 11.7 Å². The fourth-order valence-electron chi connectivity index (χ4n) is 3.89. The van der Waals surface area contributed by atoms with E-state index in [1.807, 2.05) is 6.92 Å². The summed E-state index contributed by atoms with van der Waals surface area (Å²) in [5.41, 5.74) is 0. The molecule has 3 rings (SSSR count). The number of rotatable bonds is 3. The van der Waals surface area contributed by atoms with Gasteiger partial charge in [0.05, 0.1) is 5.37 Å². The Morgan fingerprint density at radius 1 is 1.26 bits per heavy atom. The fraction of sp³-hybridized carbons (Fsp3) is 0.857. The minimum Gasteiger partial charge on any atom is -0.480 e. The summed E-state index contributed by atoms with van der Waals surface area (Å²) in [6.07, 6.45) is 5.63. The van der Waals surface area contributed by atoms with Crippen molar-refractivity contribution >= 4 is 23.6 Å². The maximum Gasteiger partial charge on any atom is 0.327 e. The highest BCUT2D eigenvalue weighted by Crippen LogP contribution is 2.56. The van der Waals surface area contributed by atoms with Crippen molar-refractivity contribution in [1.29, 1.82) is 0 Å². The number of hydrogen-bond acceptors (Lipinski definition) is 3. The van der Waals surface area contributed by atoms with E-state index >= 15 is 0 Å². The Bertz CT molecular complexity index is 388. The summed E-state index contributed by atoms with van der Waals surface area (Å²) < 4.78 is 0. The average molecular weight is 283 g/mol. The van der Waals surface area contributed by atoms with Crippen LogP contribution in [0.15, 0.2) is 0 Å². The van der Waals surface area contributed by atoms with Crippen LogP contribution < -0.4 is 0 Å². The van der Waals surface area contributed by atoms with Crippen molar-refractivity contribution in [2.75, 3.05) is 5.75 Å². The number of aliphatic carboxylic acids is 1. The van der Waals surface area contributed by atoms with Gasteiger partial charge in [-0.05, 0) is 31.1 Å². The second-order valence-corrected chi connectivity index (χ2v) is 7.14. The number of thioether (sulfide) groups is 1. The zero-order valence-corrected chi connectivity index (χ0v) is 12.1. The van der Waals surface area contributed by atoms with Crippen molar-refractivity contribution < 1.29 is 14.7 Å². The smallest absolute Gasteiger partial charge is 0.327 e. The van der Waals surface area contributed by atoms with E-state index in [1.54, 1.807) is 16.7 Å². The first-order chi connectivity index (χ1) is 9.15. The maximum atomic E-state index is 12.7. The van der Waals surface area contributed by atoms with Gasteiger partial charge in [-0.2, -0.15) is 0 Å². The van der Waals surface area contributed by atoms with E-state index in [9.17, 15) is 14.7 Å². The van der Waals surface area contributed by atoms with Crippen LogP contribution in [0, 0.1) is 17.8 Å². The van der Waals surface area contributed by atoms with Gasteiger partial charge in [0.2, 0.25) is 5.91 Å². The zero-order valence-electron chi connectivity index (χ0n) is 11.2. The van der Waals surface area contributed by atoms with Gasteiger partial charge >= 0.3 is 5.97 Å². The number of carbonyl (C=O) groups excluding carboxylic acids is 1. The van der Waals surface area contributed by atoms with Crippen molar-refractivity contribution in [3.8, 4) is 0 Å². The molecule has 4 nitrogen and oxygen atoms in total. The molecule has 1 amide bonds. The number of carbonyl (C=O) groups is 2.